The Morgan fingerprint density at radius 3 is 2.56 bits per heavy atom. The minimum Gasteiger partial charge on any atom is -0.493 e. The van der Waals surface area contributed by atoms with Crippen LogP contribution in [0.3, 0.4) is 0 Å². The summed E-state index contributed by atoms with van der Waals surface area (Å²) >= 11 is 0. The van der Waals surface area contributed by atoms with E-state index in [1.807, 2.05) is 0 Å². The van der Waals surface area contributed by atoms with Crippen molar-refractivity contribution in [3.8, 4) is 11.5 Å². The number of halogens is 1. The Kier molecular flexibility index (Phi) is 4.79. The molecule has 0 N–H and O–H groups in total. The van der Waals surface area contributed by atoms with Gasteiger partial charge in [0.05, 0.1) is 13.7 Å². The van der Waals surface area contributed by atoms with Crippen LogP contribution in [0.25, 0.3) is 6.08 Å². The Balaban J connectivity index is 2.89. The summed E-state index contributed by atoms with van der Waals surface area (Å²) in [5.74, 6) is 0.457. The molecule has 1 aromatic carbocycles. The lowest BCUT2D eigenvalue weighted by atomic mass is 10.2. The molecule has 0 saturated heterocycles. The van der Waals surface area contributed by atoms with Gasteiger partial charge in [-0.2, -0.15) is 0 Å². The van der Waals surface area contributed by atoms with Crippen molar-refractivity contribution in [2.24, 2.45) is 0 Å². The SMILES string of the molecule is C=Cc1cc(OC)c(OCCOC)cc1F. The molecule has 0 saturated carbocycles. The highest BCUT2D eigenvalue weighted by molar-refractivity contribution is 5.55. The van der Waals surface area contributed by atoms with Crippen molar-refractivity contribution in [2.75, 3.05) is 27.4 Å². The first-order chi connectivity index (χ1) is 7.72. The number of hydrogen-bond donors (Lipinski definition) is 0. The summed E-state index contributed by atoms with van der Waals surface area (Å²) in [4.78, 5) is 0. The number of methoxy groups -OCH3 is 2. The fourth-order valence-corrected chi connectivity index (χ4v) is 1.21. The summed E-state index contributed by atoms with van der Waals surface area (Å²) in [6, 6.07) is 2.83. The fourth-order valence-electron chi connectivity index (χ4n) is 1.21. The van der Waals surface area contributed by atoms with Crippen LogP contribution in [-0.4, -0.2) is 27.4 Å². The highest BCUT2D eigenvalue weighted by atomic mass is 19.1. The maximum absolute atomic E-state index is 13.4. The molecule has 0 radical (unpaired) electrons. The summed E-state index contributed by atoms with van der Waals surface area (Å²) in [5, 5.41) is 0. The van der Waals surface area contributed by atoms with Crippen LogP contribution in [0.1, 0.15) is 5.56 Å². The van der Waals surface area contributed by atoms with Gasteiger partial charge in [0, 0.05) is 18.7 Å². The molecule has 0 unspecified atom stereocenters. The molecular weight excluding hydrogens is 211 g/mol. The van der Waals surface area contributed by atoms with Gasteiger partial charge >= 0.3 is 0 Å². The number of benzene rings is 1. The molecule has 4 heteroatoms. The normalized spacial score (nSPS) is 9.94. The van der Waals surface area contributed by atoms with Crippen LogP contribution in [0.15, 0.2) is 18.7 Å². The van der Waals surface area contributed by atoms with Crippen LogP contribution < -0.4 is 9.47 Å². The van der Waals surface area contributed by atoms with Crippen LogP contribution in [-0.2, 0) is 4.74 Å². The Hall–Kier alpha value is -1.55. The molecule has 0 amide bonds. The van der Waals surface area contributed by atoms with E-state index in [-0.39, 0.29) is 5.82 Å². The Morgan fingerprint density at radius 1 is 1.25 bits per heavy atom. The third-order valence-electron chi connectivity index (χ3n) is 2.05. The van der Waals surface area contributed by atoms with Crippen LogP contribution in [0.4, 0.5) is 4.39 Å². The summed E-state index contributed by atoms with van der Waals surface area (Å²) in [5.41, 5.74) is 0.385. The molecule has 0 aliphatic rings. The molecule has 3 nitrogen and oxygen atoms in total. The summed E-state index contributed by atoms with van der Waals surface area (Å²) < 4.78 is 28.7. The van der Waals surface area contributed by atoms with Crippen molar-refractivity contribution in [2.45, 2.75) is 0 Å². The second kappa shape index (κ2) is 6.12. The predicted molar refractivity (Wildman–Crippen MR) is 60.4 cm³/mol. The molecule has 0 heterocycles. The molecule has 0 fully saturated rings. The second-order valence-electron chi connectivity index (χ2n) is 3.07. The maximum Gasteiger partial charge on any atom is 0.164 e. The summed E-state index contributed by atoms with van der Waals surface area (Å²) in [6.45, 7) is 4.30. The summed E-state index contributed by atoms with van der Waals surface area (Å²) in [6.07, 6.45) is 1.43. The van der Waals surface area contributed by atoms with E-state index in [4.69, 9.17) is 14.2 Å². The molecule has 16 heavy (non-hydrogen) atoms. The molecule has 88 valence electrons. The largest absolute Gasteiger partial charge is 0.493 e. The zero-order chi connectivity index (χ0) is 12.0. The van der Waals surface area contributed by atoms with Crippen molar-refractivity contribution in [3.63, 3.8) is 0 Å². The Labute approximate surface area is 94.4 Å². The van der Waals surface area contributed by atoms with Crippen molar-refractivity contribution in [1.82, 2.24) is 0 Å². The van der Waals surface area contributed by atoms with Gasteiger partial charge in [0.15, 0.2) is 11.5 Å². The minimum absolute atomic E-state index is 0.347. The lowest BCUT2D eigenvalue weighted by Gasteiger charge is -2.11. The number of rotatable bonds is 6. The smallest absolute Gasteiger partial charge is 0.164 e. The van der Waals surface area contributed by atoms with Crippen LogP contribution >= 0.6 is 0 Å². The van der Waals surface area contributed by atoms with Crippen molar-refractivity contribution in [3.05, 3.63) is 30.1 Å². The van der Waals surface area contributed by atoms with Crippen molar-refractivity contribution in [1.29, 1.82) is 0 Å². The van der Waals surface area contributed by atoms with Gasteiger partial charge in [0.25, 0.3) is 0 Å². The molecular formula is C12H15FO3. The zero-order valence-corrected chi connectivity index (χ0v) is 9.46. The number of ether oxygens (including phenoxy) is 3. The molecule has 0 aliphatic heterocycles. The highest BCUT2D eigenvalue weighted by Gasteiger charge is 2.09. The van der Waals surface area contributed by atoms with Gasteiger partial charge in [-0.05, 0) is 6.07 Å². The first-order valence-corrected chi connectivity index (χ1v) is 4.84. The lowest BCUT2D eigenvalue weighted by Crippen LogP contribution is -2.05. The highest BCUT2D eigenvalue weighted by Crippen LogP contribution is 2.30. The molecule has 1 rings (SSSR count). The van der Waals surface area contributed by atoms with Gasteiger partial charge < -0.3 is 14.2 Å². The number of hydrogen-bond acceptors (Lipinski definition) is 3. The average Bonchev–Trinajstić information content (AvgIpc) is 2.30. The third kappa shape index (κ3) is 2.97. The van der Waals surface area contributed by atoms with Crippen molar-refractivity contribution >= 4 is 6.08 Å². The van der Waals surface area contributed by atoms with E-state index in [1.54, 1.807) is 13.2 Å². The monoisotopic (exact) mass is 226 g/mol. The van der Waals surface area contributed by atoms with Gasteiger partial charge in [-0.15, -0.1) is 0 Å². The van der Waals surface area contributed by atoms with Crippen LogP contribution in [0.2, 0.25) is 0 Å². The van der Waals surface area contributed by atoms with Gasteiger partial charge in [0.1, 0.15) is 12.4 Å². The van der Waals surface area contributed by atoms with Gasteiger partial charge in [0.2, 0.25) is 0 Å². The maximum atomic E-state index is 13.4. The molecule has 0 aliphatic carbocycles. The topological polar surface area (TPSA) is 27.7 Å². The molecule has 0 aromatic heterocycles. The molecule has 0 spiro atoms. The van der Waals surface area contributed by atoms with E-state index in [1.165, 1.54) is 19.3 Å². The van der Waals surface area contributed by atoms with E-state index in [9.17, 15) is 4.39 Å². The van der Waals surface area contributed by atoms with E-state index >= 15 is 0 Å². The van der Waals surface area contributed by atoms with Crippen molar-refractivity contribution < 1.29 is 18.6 Å². The molecule has 0 atom stereocenters. The minimum atomic E-state index is -0.386. The third-order valence-corrected chi connectivity index (χ3v) is 2.05. The van der Waals surface area contributed by atoms with Crippen LogP contribution in [0, 0.1) is 5.82 Å². The second-order valence-corrected chi connectivity index (χ2v) is 3.07. The van der Waals surface area contributed by atoms with E-state index in [0.717, 1.165) is 0 Å². The molecule has 0 bridgehead atoms. The molecule has 1 aromatic rings. The van der Waals surface area contributed by atoms with Gasteiger partial charge in [-0.1, -0.05) is 12.7 Å². The lowest BCUT2D eigenvalue weighted by molar-refractivity contribution is 0.144. The zero-order valence-electron chi connectivity index (χ0n) is 9.46. The first kappa shape index (κ1) is 12.5. The summed E-state index contributed by atoms with van der Waals surface area (Å²) in [7, 11) is 3.07. The standard InChI is InChI=1S/C12H15FO3/c1-4-9-7-11(15-3)12(8-10(9)13)16-6-5-14-2/h4,7-8H,1,5-6H2,2-3H3. The quantitative estimate of drug-likeness (QED) is 0.697. The average molecular weight is 226 g/mol. The van der Waals surface area contributed by atoms with E-state index < -0.39 is 0 Å². The first-order valence-electron chi connectivity index (χ1n) is 4.84. The fraction of sp³-hybridized carbons (Fsp3) is 0.333. The van der Waals surface area contributed by atoms with Gasteiger partial charge in [-0.3, -0.25) is 0 Å². The van der Waals surface area contributed by atoms with Crippen LogP contribution in [0.5, 0.6) is 11.5 Å². The van der Waals surface area contributed by atoms with E-state index in [0.29, 0.717) is 30.3 Å². The Morgan fingerprint density at radius 2 is 2.00 bits per heavy atom. The van der Waals surface area contributed by atoms with Gasteiger partial charge in [-0.25, -0.2) is 4.39 Å². The Bertz CT molecular complexity index is 364. The predicted octanol–water partition coefficient (Wildman–Crippen LogP) is 2.50. The van der Waals surface area contributed by atoms with E-state index in [2.05, 4.69) is 6.58 Å².